The summed E-state index contributed by atoms with van der Waals surface area (Å²) in [5, 5.41) is 14.5. The predicted molar refractivity (Wildman–Crippen MR) is 70.5 cm³/mol. The molecule has 0 aliphatic carbocycles. The van der Waals surface area contributed by atoms with Crippen molar-refractivity contribution in [2.45, 2.75) is 39.7 Å². The molecule has 1 aliphatic heterocycles. The third kappa shape index (κ3) is 3.13. The second-order valence-electron chi connectivity index (χ2n) is 5.24. The van der Waals surface area contributed by atoms with Crippen molar-refractivity contribution in [1.29, 1.82) is 0 Å². The molecule has 0 bridgehead atoms. The van der Waals surface area contributed by atoms with Crippen LogP contribution in [0, 0.1) is 5.41 Å². The number of nitrogens with zero attached hydrogens (tertiary/aromatic N) is 2. The highest BCUT2D eigenvalue weighted by Crippen LogP contribution is 2.18. The van der Waals surface area contributed by atoms with Crippen LogP contribution in [0.4, 0.5) is 0 Å². The Hall–Kier alpha value is -1.30. The van der Waals surface area contributed by atoms with Crippen molar-refractivity contribution in [3.05, 3.63) is 0 Å². The van der Waals surface area contributed by atoms with E-state index in [1.165, 1.54) is 6.42 Å². The van der Waals surface area contributed by atoms with Crippen molar-refractivity contribution in [1.82, 2.24) is 10.2 Å². The first-order chi connectivity index (χ1) is 8.43. The minimum absolute atomic E-state index is 0.0706. The van der Waals surface area contributed by atoms with Crippen LogP contribution in [0.25, 0.3) is 0 Å². The number of amidine groups is 1. The predicted octanol–water partition coefficient (Wildman–Crippen LogP) is 0.360. The number of carbonyl (C=O) groups is 1. The monoisotopic (exact) mass is 256 g/mol. The highest BCUT2D eigenvalue weighted by Gasteiger charge is 2.33. The molecule has 0 spiro atoms. The number of nitrogens with one attached hydrogen (secondary N) is 1. The average Bonchev–Trinajstić information content (AvgIpc) is 2.81. The van der Waals surface area contributed by atoms with Crippen LogP contribution in [-0.4, -0.2) is 47.5 Å². The maximum Gasteiger partial charge on any atom is 0.233 e. The van der Waals surface area contributed by atoms with Crippen LogP contribution in [-0.2, 0) is 4.79 Å². The van der Waals surface area contributed by atoms with E-state index >= 15 is 0 Å². The molecule has 6 nitrogen and oxygen atoms in total. The van der Waals surface area contributed by atoms with Crippen LogP contribution in [0.5, 0.6) is 0 Å². The van der Waals surface area contributed by atoms with Crippen LogP contribution in [0.15, 0.2) is 5.16 Å². The van der Waals surface area contributed by atoms with Gasteiger partial charge in [-0.3, -0.25) is 9.69 Å². The molecule has 1 unspecified atom stereocenters. The van der Waals surface area contributed by atoms with Crippen molar-refractivity contribution in [2.75, 3.05) is 19.6 Å². The van der Waals surface area contributed by atoms with E-state index in [0.717, 1.165) is 19.5 Å². The Balaban J connectivity index is 2.51. The van der Waals surface area contributed by atoms with Gasteiger partial charge in [0.15, 0.2) is 5.84 Å². The van der Waals surface area contributed by atoms with E-state index in [-0.39, 0.29) is 11.7 Å². The topological polar surface area (TPSA) is 91.0 Å². The Morgan fingerprint density at radius 2 is 2.28 bits per heavy atom. The van der Waals surface area contributed by atoms with Gasteiger partial charge in [0, 0.05) is 12.6 Å². The molecule has 1 atom stereocenters. The Kier molecular flexibility index (Phi) is 4.95. The number of nitrogens with two attached hydrogens (primary N) is 1. The number of likely N-dealkylation sites (tertiary alicyclic amines) is 1. The molecule has 0 aromatic rings. The molecule has 1 rings (SSSR count). The number of hydrogen-bond acceptors (Lipinski definition) is 4. The molecule has 6 heteroatoms. The summed E-state index contributed by atoms with van der Waals surface area (Å²) in [6, 6.07) is 0.405. The molecule has 104 valence electrons. The van der Waals surface area contributed by atoms with E-state index < -0.39 is 5.41 Å². The van der Waals surface area contributed by atoms with Gasteiger partial charge in [-0.25, -0.2) is 0 Å². The van der Waals surface area contributed by atoms with Gasteiger partial charge in [0.25, 0.3) is 0 Å². The molecule has 1 saturated heterocycles. The zero-order valence-electron chi connectivity index (χ0n) is 11.4. The summed E-state index contributed by atoms with van der Waals surface area (Å²) in [5.74, 6) is -0.278. The number of oxime groups is 1. The van der Waals surface area contributed by atoms with E-state index in [0.29, 0.717) is 12.6 Å². The first-order valence-corrected chi connectivity index (χ1v) is 6.43. The number of hydrogen-bond donors (Lipinski definition) is 3. The van der Waals surface area contributed by atoms with Gasteiger partial charge in [-0.1, -0.05) is 12.1 Å². The molecular formula is C12H24N4O2. The summed E-state index contributed by atoms with van der Waals surface area (Å²) in [6.07, 6.45) is 2.29. The third-order valence-electron chi connectivity index (χ3n) is 3.72. The smallest absolute Gasteiger partial charge is 0.233 e. The highest BCUT2D eigenvalue weighted by molar-refractivity contribution is 6.05. The Labute approximate surface area is 108 Å². The third-order valence-corrected chi connectivity index (χ3v) is 3.72. The van der Waals surface area contributed by atoms with Crippen LogP contribution in [0.2, 0.25) is 0 Å². The molecule has 1 fully saturated rings. The summed E-state index contributed by atoms with van der Waals surface area (Å²) < 4.78 is 0. The lowest BCUT2D eigenvalue weighted by Crippen LogP contribution is -2.49. The standard InChI is InChI=1S/C12H24N4O2/c1-4-16-7-5-6-9(16)8-14-11(17)12(2,3)10(13)15-18/h9,18H,4-8H2,1-3H3,(H2,13,15)(H,14,17). The summed E-state index contributed by atoms with van der Waals surface area (Å²) in [4.78, 5) is 14.4. The van der Waals surface area contributed by atoms with Crippen LogP contribution in [0.1, 0.15) is 33.6 Å². The van der Waals surface area contributed by atoms with Gasteiger partial charge in [0.2, 0.25) is 5.91 Å². The molecule has 4 N–H and O–H groups in total. The second kappa shape index (κ2) is 6.04. The van der Waals surface area contributed by atoms with Crippen LogP contribution >= 0.6 is 0 Å². The molecule has 18 heavy (non-hydrogen) atoms. The number of carbonyl (C=O) groups excluding carboxylic acids is 1. The number of likely N-dealkylation sites (N-methyl/N-ethyl adjacent to an activating group) is 1. The molecule has 0 radical (unpaired) electrons. The van der Waals surface area contributed by atoms with E-state index in [9.17, 15) is 4.79 Å². The van der Waals surface area contributed by atoms with E-state index in [4.69, 9.17) is 10.9 Å². The van der Waals surface area contributed by atoms with Crippen LogP contribution in [0.3, 0.4) is 0 Å². The molecule has 0 saturated carbocycles. The lowest BCUT2D eigenvalue weighted by atomic mass is 9.91. The molecule has 1 aliphatic rings. The molecular weight excluding hydrogens is 232 g/mol. The fourth-order valence-electron chi connectivity index (χ4n) is 2.22. The Morgan fingerprint density at radius 3 is 2.83 bits per heavy atom. The quantitative estimate of drug-likeness (QED) is 0.287. The number of rotatable bonds is 5. The lowest BCUT2D eigenvalue weighted by Gasteiger charge is -2.26. The normalized spacial score (nSPS) is 22.2. The summed E-state index contributed by atoms with van der Waals surface area (Å²) in [6.45, 7) is 8.13. The largest absolute Gasteiger partial charge is 0.409 e. The van der Waals surface area contributed by atoms with Gasteiger partial charge in [-0.15, -0.1) is 0 Å². The van der Waals surface area contributed by atoms with Crippen LogP contribution < -0.4 is 11.1 Å². The fourth-order valence-corrected chi connectivity index (χ4v) is 2.22. The van der Waals surface area contributed by atoms with Gasteiger partial charge in [-0.05, 0) is 39.8 Å². The van der Waals surface area contributed by atoms with Gasteiger partial charge in [0.1, 0.15) is 5.41 Å². The molecule has 0 aromatic carbocycles. The summed E-state index contributed by atoms with van der Waals surface area (Å²) in [5.41, 5.74) is 4.54. The van der Waals surface area contributed by atoms with Crippen molar-refractivity contribution in [2.24, 2.45) is 16.3 Å². The maximum absolute atomic E-state index is 12.0. The zero-order chi connectivity index (χ0) is 13.8. The Bertz CT molecular complexity index is 328. The minimum Gasteiger partial charge on any atom is -0.409 e. The molecule has 1 amide bonds. The van der Waals surface area contributed by atoms with E-state index in [1.54, 1.807) is 13.8 Å². The molecule has 0 aromatic heterocycles. The highest BCUT2D eigenvalue weighted by atomic mass is 16.4. The van der Waals surface area contributed by atoms with Gasteiger partial charge < -0.3 is 16.3 Å². The minimum atomic E-state index is -0.982. The van der Waals surface area contributed by atoms with Crippen molar-refractivity contribution in [3.63, 3.8) is 0 Å². The van der Waals surface area contributed by atoms with E-state index in [1.807, 2.05) is 0 Å². The lowest BCUT2D eigenvalue weighted by molar-refractivity contribution is -0.126. The summed E-state index contributed by atoms with van der Waals surface area (Å²) >= 11 is 0. The number of amides is 1. The van der Waals surface area contributed by atoms with Gasteiger partial charge in [0.05, 0.1) is 0 Å². The van der Waals surface area contributed by atoms with Crippen molar-refractivity contribution >= 4 is 11.7 Å². The first kappa shape index (κ1) is 14.8. The first-order valence-electron chi connectivity index (χ1n) is 6.43. The summed E-state index contributed by atoms with van der Waals surface area (Å²) in [7, 11) is 0. The van der Waals surface area contributed by atoms with E-state index in [2.05, 4.69) is 22.3 Å². The van der Waals surface area contributed by atoms with Gasteiger partial charge in [-0.2, -0.15) is 0 Å². The zero-order valence-corrected chi connectivity index (χ0v) is 11.4. The SMILES string of the molecule is CCN1CCCC1CNC(=O)C(C)(C)C(N)=NO. The van der Waals surface area contributed by atoms with Gasteiger partial charge >= 0.3 is 0 Å². The van der Waals surface area contributed by atoms with Crippen molar-refractivity contribution < 1.29 is 10.0 Å². The average molecular weight is 256 g/mol. The fraction of sp³-hybridized carbons (Fsp3) is 0.833. The van der Waals surface area contributed by atoms with Crippen molar-refractivity contribution in [3.8, 4) is 0 Å². The Morgan fingerprint density at radius 1 is 1.61 bits per heavy atom. The maximum atomic E-state index is 12.0. The molecule has 1 heterocycles. The second-order valence-corrected chi connectivity index (χ2v) is 5.24.